The zero-order chi connectivity index (χ0) is 21.3. The van der Waals surface area contributed by atoms with E-state index >= 15 is 0 Å². The normalized spacial score (nSPS) is 14.4. The van der Waals surface area contributed by atoms with Crippen LogP contribution in [0.15, 0.2) is 69.2 Å². The van der Waals surface area contributed by atoms with Gasteiger partial charge in [-0.3, -0.25) is 4.98 Å². The number of allylic oxidation sites excluding steroid dienone is 4. The smallest absolute Gasteiger partial charge is 0.224 e. The molecule has 0 spiro atoms. The minimum absolute atomic E-state index is 0.156. The SMILES string of the molecule is CC(C)(O)c1ccc(-c2nc(C3=CC=C(F)CC3)oc2Sc2ccc(Cl)cn2)cn1. The lowest BCUT2D eigenvalue weighted by atomic mass is 10.0. The molecule has 4 rings (SSSR count). The van der Waals surface area contributed by atoms with Crippen molar-refractivity contribution in [1.29, 1.82) is 0 Å². The average Bonchev–Trinajstić information content (AvgIpc) is 3.13. The van der Waals surface area contributed by atoms with E-state index in [4.69, 9.17) is 16.0 Å². The van der Waals surface area contributed by atoms with Crippen LogP contribution in [0.3, 0.4) is 0 Å². The van der Waals surface area contributed by atoms with Crippen LogP contribution < -0.4 is 0 Å². The number of nitrogens with zero attached hydrogens (tertiary/aromatic N) is 3. The van der Waals surface area contributed by atoms with Gasteiger partial charge in [0.25, 0.3) is 0 Å². The predicted octanol–water partition coefficient (Wildman–Crippen LogP) is 6.19. The van der Waals surface area contributed by atoms with Gasteiger partial charge in [0, 0.05) is 30.0 Å². The van der Waals surface area contributed by atoms with E-state index in [9.17, 15) is 9.50 Å². The summed E-state index contributed by atoms with van der Waals surface area (Å²) in [5.74, 6) is 0.286. The summed E-state index contributed by atoms with van der Waals surface area (Å²) in [5.41, 5.74) is 1.69. The molecule has 3 aromatic heterocycles. The molecule has 0 saturated heterocycles. The molecular weight excluding hydrogens is 425 g/mol. The first kappa shape index (κ1) is 20.8. The number of hydrogen-bond acceptors (Lipinski definition) is 6. The topological polar surface area (TPSA) is 72.0 Å². The Kier molecular flexibility index (Phi) is 5.77. The summed E-state index contributed by atoms with van der Waals surface area (Å²) in [6.45, 7) is 3.36. The zero-order valence-electron chi connectivity index (χ0n) is 16.4. The van der Waals surface area contributed by atoms with Gasteiger partial charge in [0.15, 0.2) is 5.09 Å². The van der Waals surface area contributed by atoms with E-state index in [1.807, 2.05) is 6.07 Å². The van der Waals surface area contributed by atoms with E-state index in [2.05, 4.69) is 15.0 Å². The third-order valence-electron chi connectivity index (χ3n) is 4.53. The number of aromatic nitrogens is 3. The van der Waals surface area contributed by atoms with Crippen molar-refractivity contribution < 1.29 is 13.9 Å². The third-order valence-corrected chi connectivity index (χ3v) is 5.67. The highest BCUT2D eigenvalue weighted by atomic mass is 35.5. The van der Waals surface area contributed by atoms with Crippen LogP contribution in [-0.4, -0.2) is 20.1 Å². The van der Waals surface area contributed by atoms with Gasteiger partial charge >= 0.3 is 0 Å². The molecule has 1 N–H and O–H groups in total. The molecule has 3 aromatic rings. The second kappa shape index (κ2) is 8.34. The van der Waals surface area contributed by atoms with Crippen molar-refractivity contribution >= 4 is 28.9 Å². The van der Waals surface area contributed by atoms with E-state index in [0.717, 1.165) is 11.1 Å². The lowest BCUT2D eigenvalue weighted by Crippen LogP contribution is -2.17. The van der Waals surface area contributed by atoms with Crippen molar-refractivity contribution in [2.24, 2.45) is 0 Å². The molecule has 30 heavy (non-hydrogen) atoms. The first-order valence-electron chi connectivity index (χ1n) is 9.35. The fourth-order valence-corrected chi connectivity index (χ4v) is 3.82. The number of hydrogen-bond donors (Lipinski definition) is 1. The van der Waals surface area contributed by atoms with Crippen LogP contribution in [-0.2, 0) is 5.60 Å². The van der Waals surface area contributed by atoms with Gasteiger partial charge in [0.1, 0.15) is 22.1 Å². The molecule has 1 aliphatic carbocycles. The predicted molar refractivity (Wildman–Crippen MR) is 115 cm³/mol. The first-order valence-corrected chi connectivity index (χ1v) is 10.5. The van der Waals surface area contributed by atoms with Gasteiger partial charge in [-0.05, 0) is 62.4 Å². The Balaban J connectivity index is 1.74. The Morgan fingerprint density at radius 1 is 1.10 bits per heavy atom. The van der Waals surface area contributed by atoms with Gasteiger partial charge in [-0.1, -0.05) is 17.7 Å². The maximum atomic E-state index is 13.4. The average molecular weight is 444 g/mol. The highest BCUT2D eigenvalue weighted by Gasteiger charge is 2.22. The Bertz CT molecular complexity index is 1120. The molecule has 0 amide bonds. The zero-order valence-corrected chi connectivity index (χ0v) is 18.0. The third kappa shape index (κ3) is 4.64. The van der Waals surface area contributed by atoms with Gasteiger partial charge in [0.2, 0.25) is 5.89 Å². The van der Waals surface area contributed by atoms with Crippen molar-refractivity contribution in [2.45, 2.75) is 42.4 Å². The molecule has 0 fully saturated rings. The molecule has 154 valence electrons. The number of pyridine rings is 2. The van der Waals surface area contributed by atoms with Crippen molar-refractivity contribution in [1.82, 2.24) is 15.0 Å². The molecule has 0 unspecified atom stereocenters. The van der Waals surface area contributed by atoms with Gasteiger partial charge in [-0.25, -0.2) is 14.4 Å². The van der Waals surface area contributed by atoms with Crippen molar-refractivity contribution in [3.05, 3.63) is 71.2 Å². The van der Waals surface area contributed by atoms with Crippen LogP contribution in [0.2, 0.25) is 5.02 Å². The molecule has 0 radical (unpaired) electrons. The van der Waals surface area contributed by atoms with Crippen LogP contribution >= 0.6 is 23.4 Å². The fourth-order valence-electron chi connectivity index (χ4n) is 2.90. The minimum atomic E-state index is -1.04. The Morgan fingerprint density at radius 3 is 2.53 bits per heavy atom. The van der Waals surface area contributed by atoms with E-state index < -0.39 is 5.60 Å². The van der Waals surface area contributed by atoms with Gasteiger partial charge in [-0.15, -0.1) is 0 Å². The van der Waals surface area contributed by atoms with Crippen LogP contribution in [0.4, 0.5) is 4.39 Å². The number of rotatable bonds is 5. The summed E-state index contributed by atoms with van der Waals surface area (Å²) in [6.07, 6.45) is 7.20. The molecule has 0 bridgehead atoms. The number of oxazole rings is 1. The van der Waals surface area contributed by atoms with E-state index in [1.165, 1.54) is 17.8 Å². The molecular formula is C22H19ClFN3O2S. The summed E-state index contributed by atoms with van der Waals surface area (Å²) in [4.78, 5) is 13.3. The van der Waals surface area contributed by atoms with Crippen LogP contribution in [0.5, 0.6) is 0 Å². The lowest BCUT2D eigenvalue weighted by Gasteiger charge is -2.16. The molecule has 0 atom stereocenters. The number of halogens is 2. The highest BCUT2D eigenvalue weighted by molar-refractivity contribution is 7.99. The first-order chi connectivity index (χ1) is 14.3. The standard InChI is InChI=1S/C22H19ClFN3O2S/c1-22(2,28)17-9-5-14(11-25-17)19-21(30-18-10-6-15(23)12-26-18)29-20(27-19)13-3-7-16(24)8-4-13/h3,5-7,9-12,28H,4,8H2,1-2H3. The quantitative estimate of drug-likeness (QED) is 0.506. The highest BCUT2D eigenvalue weighted by Crippen LogP contribution is 2.39. The van der Waals surface area contributed by atoms with Crippen LogP contribution in [0.25, 0.3) is 16.8 Å². The van der Waals surface area contributed by atoms with Crippen molar-refractivity contribution in [3.8, 4) is 11.3 Å². The monoisotopic (exact) mass is 443 g/mol. The molecule has 1 aliphatic rings. The molecule has 0 aromatic carbocycles. The minimum Gasteiger partial charge on any atom is -0.429 e. The molecule has 8 heteroatoms. The second-order valence-corrected chi connectivity index (χ2v) is 8.80. The van der Waals surface area contributed by atoms with Gasteiger partial charge in [0.05, 0.1) is 10.7 Å². The fraction of sp³-hybridized carbons (Fsp3) is 0.227. The molecule has 5 nitrogen and oxygen atoms in total. The van der Waals surface area contributed by atoms with E-state index in [-0.39, 0.29) is 5.83 Å². The molecule has 0 aliphatic heterocycles. The summed E-state index contributed by atoms with van der Waals surface area (Å²) < 4.78 is 19.4. The van der Waals surface area contributed by atoms with E-state index in [1.54, 1.807) is 50.5 Å². The maximum absolute atomic E-state index is 13.4. The van der Waals surface area contributed by atoms with Gasteiger partial charge in [-0.2, -0.15) is 0 Å². The Hall–Kier alpha value is -2.48. The second-order valence-electron chi connectivity index (χ2n) is 7.37. The summed E-state index contributed by atoms with van der Waals surface area (Å²) in [6, 6.07) is 7.16. The van der Waals surface area contributed by atoms with Crippen LogP contribution in [0, 0.1) is 0 Å². The Labute approximate surface area is 182 Å². The maximum Gasteiger partial charge on any atom is 0.224 e. The summed E-state index contributed by atoms with van der Waals surface area (Å²) in [5, 5.41) is 12.0. The number of aliphatic hydroxyl groups is 1. The van der Waals surface area contributed by atoms with Crippen LogP contribution in [0.1, 0.15) is 38.3 Å². The summed E-state index contributed by atoms with van der Waals surface area (Å²) >= 11 is 7.25. The molecule has 3 heterocycles. The largest absolute Gasteiger partial charge is 0.429 e. The van der Waals surface area contributed by atoms with Crippen molar-refractivity contribution in [3.63, 3.8) is 0 Å². The lowest BCUT2D eigenvalue weighted by molar-refractivity contribution is 0.0739. The summed E-state index contributed by atoms with van der Waals surface area (Å²) in [7, 11) is 0. The van der Waals surface area contributed by atoms with E-state index in [0.29, 0.717) is 45.3 Å². The van der Waals surface area contributed by atoms with Gasteiger partial charge < -0.3 is 9.52 Å². The van der Waals surface area contributed by atoms with Crippen molar-refractivity contribution in [2.75, 3.05) is 0 Å². The Morgan fingerprint density at radius 2 is 1.93 bits per heavy atom. The molecule has 0 saturated carbocycles.